The molecule has 0 aliphatic carbocycles. The van der Waals surface area contributed by atoms with Crippen LogP contribution in [0.5, 0.6) is 11.8 Å². The Bertz CT molecular complexity index is 2750. The number of pyridine rings is 1. The lowest BCUT2D eigenvalue weighted by atomic mass is 9.78. The summed E-state index contributed by atoms with van der Waals surface area (Å²) in [5.41, 5.74) is -4.67. The number of anilines is 1. The first-order valence-electron chi connectivity index (χ1n) is 22.1. The monoisotopic (exact) mass is 921 g/mol. The molecule has 0 spiro atoms. The van der Waals surface area contributed by atoms with Gasteiger partial charge in [-0.1, -0.05) is 36.4 Å². The molecule has 11 rings (SSSR count). The summed E-state index contributed by atoms with van der Waals surface area (Å²) in [6.07, 6.45) is -6.20. The average Bonchev–Trinajstić information content (AvgIpc) is 3.97. The number of ether oxygens (including phenoxy) is 3. The molecule has 348 valence electrons. The van der Waals surface area contributed by atoms with Crippen molar-refractivity contribution in [2.45, 2.75) is 86.9 Å². The third kappa shape index (κ3) is 7.75. The maximum atomic E-state index is 17.7. The van der Waals surface area contributed by atoms with E-state index in [-0.39, 0.29) is 85.4 Å². The molecule has 3 aromatic carbocycles. The van der Waals surface area contributed by atoms with Crippen molar-refractivity contribution in [2.24, 2.45) is 0 Å². The number of likely N-dealkylation sites (tertiary alicyclic amines) is 1. The number of hydrogen-bond acceptors (Lipinski definition) is 10. The number of piperidine rings is 1. The van der Waals surface area contributed by atoms with Crippen molar-refractivity contribution in [3.63, 3.8) is 0 Å². The van der Waals surface area contributed by atoms with Crippen LogP contribution in [0.3, 0.4) is 0 Å². The summed E-state index contributed by atoms with van der Waals surface area (Å²) in [6.45, 7) is 1.20. The summed E-state index contributed by atoms with van der Waals surface area (Å²) in [7, 11) is 0. The van der Waals surface area contributed by atoms with Gasteiger partial charge in [0.2, 0.25) is 0 Å². The van der Waals surface area contributed by atoms with Gasteiger partial charge in [-0.2, -0.15) is 23.1 Å². The lowest BCUT2D eigenvalue weighted by Crippen LogP contribution is -2.60. The van der Waals surface area contributed by atoms with Gasteiger partial charge in [0.25, 0.3) is 0 Å². The second-order valence-electron chi connectivity index (χ2n) is 18.6. The Hall–Kier alpha value is -5.98. The standard InChI is InChI=1S/C47H46F7N7O5/c1-44-19-29(48)22-60(24-44)40-33-21-55-38(37(51)39(33)56-41(57-40)65-26-45-12-6-14-61(45)23-30(49)20-45)32-18-31(17-28-8-4-7-27(36(28)32)9-5-16-64-42(62)58-44)66-43(63)59-15-13-46(25-59,47(52,53)54)34-10-2-3-11-35(34)50/h2-4,7-8,10-11,17-18,21,29-30H,5-6,9,12-16,19-20,22-26H2,1H3,(H,58,62)/t29-,30-,44-,45+,46+/m1/s1. The summed E-state index contributed by atoms with van der Waals surface area (Å²) >= 11 is 0. The zero-order chi connectivity index (χ0) is 46.2. The van der Waals surface area contributed by atoms with Crippen molar-refractivity contribution in [1.82, 2.24) is 30.1 Å². The number of amides is 2. The third-order valence-electron chi connectivity index (χ3n) is 14.0. The molecule has 12 nitrogen and oxygen atoms in total. The summed E-state index contributed by atoms with van der Waals surface area (Å²) in [4.78, 5) is 45.4. The molecule has 4 saturated heterocycles. The Labute approximate surface area is 374 Å². The van der Waals surface area contributed by atoms with Gasteiger partial charge in [0.15, 0.2) is 5.82 Å². The number of nitrogens with zero attached hydrogens (tertiary/aromatic N) is 6. The van der Waals surface area contributed by atoms with Gasteiger partial charge < -0.3 is 29.3 Å². The SMILES string of the molecule is C[C@@]12C[C@@H](F)CN(C1)c1nc(OC[C@@]34CCCN3C[C@H](F)C4)nc3c(F)c(ncc13)-c1cc(OC(=O)N3CC[C@](c4ccccc4F)(C(F)(F)F)C3)cc3cccc(c13)CCCOC(=O)N2. The lowest BCUT2D eigenvalue weighted by Gasteiger charge is -2.42. The second kappa shape index (κ2) is 16.4. The Balaban J connectivity index is 1.08. The van der Waals surface area contributed by atoms with Gasteiger partial charge in [-0.25, -0.2) is 27.2 Å². The van der Waals surface area contributed by atoms with E-state index >= 15 is 8.78 Å². The van der Waals surface area contributed by atoms with Gasteiger partial charge in [-0.3, -0.25) is 9.88 Å². The maximum absolute atomic E-state index is 17.7. The molecule has 5 aromatic rings. The second-order valence-corrected chi connectivity index (χ2v) is 18.6. The normalized spacial score (nSPS) is 27.0. The van der Waals surface area contributed by atoms with Gasteiger partial charge >= 0.3 is 24.4 Å². The quantitative estimate of drug-likeness (QED) is 0.171. The fourth-order valence-corrected chi connectivity index (χ4v) is 11.0. The number of nitrogens with one attached hydrogen (secondary N) is 1. The van der Waals surface area contributed by atoms with Gasteiger partial charge in [-0.05, 0) is 80.1 Å². The summed E-state index contributed by atoms with van der Waals surface area (Å²) < 4.78 is 125. The molecule has 6 aliphatic rings. The minimum absolute atomic E-state index is 0.0115. The van der Waals surface area contributed by atoms with E-state index in [1.165, 1.54) is 30.5 Å². The molecule has 6 aliphatic heterocycles. The summed E-state index contributed by atoms with van der Waals surface area (Å²) in [5.74, 6) is -2.03. The molecule has 19 heteroatoms. The molecular formula is C47H46F7N7O5. The summed E-state index contributed by atoms with van der Waals surface area (Å²) in [5, 5.41) is 3.88. The van der Waals surface area contributed by atoms with Crippen LogP contribution in [0.15, 0.2) is 60.8 Å². The molecule has 8 heterocycles. The van der Waals surface area contributed by atoms with E-state index in [4.69, 9.17) is 19.2 Å². The van der Waals surface area contributed by atoms with Crippen LogP contribution in [0.4, 0.5) is 46.1 Å². The van der Waals surface area contributed by atoms with Crippen molar-refractivity contribution >= 4 is 39.7 Å². The number of aromatic nitrogens is 3. The number of alkyl carbamates (subject to hydrolysis) is 1. The van der Waals surface area contributed by atoms with Crippen LogP contribution in [-0.2, 0) is 16.6 Å². The van der Waals surface area contributed by atoms with Crippen LogP contribution < -0.4 is 19.7 Å². The molecule has 4 fully saturated rings. The smallest absolute Gasteiger partial charge is 0.415 e. The number of hydrogen-bond donors (Lipinski definition) is 1. The predicted octanol–water partition coefficient (Wildman–Crippen LogP) is 8.76. The first kappa shape index (κ1) is 43.9. The highest BCUT2D eigenvalue weighted by atomic mass is 19.4. The number of benzene rings is 3. The first-order chi connectivity index (χ1) is 31.5. The lowest BCUT2D eigenvalue weighted by molar-refractivity contribution is -0.187. The fraction of sp³-hybridized carbons (Fsp3) is 0.468. The van der Waals surface area contributed by atoms with Gasteiger partial charge in [0.05, 0.1) is 29.6 Å². The molecular weight excluding hydrogens is 876 g/mol. The minimum atomic E-state index is -4.91. The minimum Gasteiger partial charge on any atom is -0.461 e. The molecule has 2 amide bonds. The van der Waals surface area contributed by atoms with E-state index in [0.29, 0.717) is 42.1 Å². The largest absolute Gasteiger partial charge is 0.461 e. The van der Waals surface area contributed by atoms with Crippen LogP contribution in [-0.4, -0.2) is 119 Å². The molecule has 0 saturated carbocycles. The zero-order valence-corrected chi connectivity index (χ0v) is 35.9. The Morgan fingerprint density at radius 1 is 0.970 bits per heavy atom. The number of aryl methyl sites for hydroxylation is 1. The summed E-state index contributed by atoms with van der Waals surface area (Å²) in [6, 6.07) is 12.5. The average molecular weight is 922 g/mol. The number of rotatable bonds is 5. The van der Waals surface area contributed by atoms with Crippen LogP contribution >= 0.6 is 0 Å². The van der Waals surface area contributed by atoms with Crippen LogP contribution in [0, 0.1) is 11.6 Å². The predicted molar refractivity (Wildman–Crippen MR) is 228 cm³/mol. The van der Waals surface area contributed by atoms with Gasteiger partial charge in [0.1, 0.15) is 53.0 Å². The third-order valence-corrected chi connectivity index (χ3v) is 14.0. The molecule has 66 heavy (non-hydrogen) atoms. The number of halogens is 7. The maximum Gasteiger partial charge on any atom is 0.415 e. The van der Waals surface area contributed by atoms with Crippen molar-refractivity contribution in [1.29, 1.82) is 0 Å². The van der Waals surface area contributed by atoms with E-state index in [0.717, 1.165) is 23.5 Å². The number of fused-ring (bicyclic) bond motifs is 7. The van der Waals surface area contributed by atoms with E-state index in [1.807, 2.05) is 4.90 Å². The first-order valence-corrected chi connectivity index (χ1v) is 22.1. The van der Waals surface area contributed by atoms with Crippen molar-refractivity contribution < 1.29 is 54.5 Å². The highest BCUT2D eigenvalue weighted by Crippen LogP contribution is 2.49. The van der Waals surface area contributed by atoms with E-state index < -0.39 is 83.9 Å². The zero-order valence-electron chi connectivity index (χ0n) is 35.9. The molecule has 5 atom stereocenters. The molecule has 1 N–H and O–H groups in total. The van der Waals surface area contributed by atoms with E-state index in [9.17, 15) is 31.5 Å². The van der Waals surface area contributed by atoms with E-state index in [2.05, 4.69) is 15.3 Å². The Morgan fingerprint density at radius 2 is 1.79 bits per heavy atom. The van der Waals surface area contributed by atoms with Crippen molar-refractivity contribution in [3.8, 4) is 23.0 Å². The Morgan fingerprint density at radius 3 is 2.61 bits per heavy atom. The topological polar surface area (TPSA) is 122 Å². The van der Waals surface area contributed by atoms with Crippen LogP contribution in [0.1, 0.15) is 56.6 Å². The molecule has 0 radical (unpaired) electrons. The fourth-order valence-electron chi connectivity index (χ4n) is 11.0. The van der Waals surface area contributed by atoms with Crippen molar-refractivity contribution in [3.05, 3.63) is 83.6 Å². The molecule has 2 aromatic heterocycles. The van der Waals surface area contributed by atoms with Gasteiger partial charge in [-0.15, -0.1) is 0 Å². The molecule has 0 unspecified atom stereocenters. The highest BCUT2D eigenvalue weighted by Gasteiger charge is 2.61. The van der Waals surface area contributed by atoms with Crippen LogP contribution in [0.2, 0.25) is 0 Å². The number of carbonyl (C=O) groups excluding carboxylic acids is 2. The molecule has 6 bridgehead atoms. The number of carbonyl (C=O) groups is 2. The Kier molecular flexibility index (Phi) is 10.9. The van der Waals surface area contributed by atoms with Crippen molar-refractivity contribution in [2.75, 3.05) is 57.4 Å². The van der Waals surface area contributed by atoms with Crippen LogP contribution in [0.25, 0.3) is 32.9 Å². The van der Waals surface area contributed by atoms with E-state index in [1.54, 1.807) is 30.0 Å². The highest BCUT2D eigenvalue weighted by molar-refractivity contribution is 6.02. The van der Waals surface area contributed by atoms with Gasteiger partial charge in [0, 0.05) is 56.3 Å². The number of alkyl halides is 5.